The Morgan fingerprint density at radius 1 is 1.39 bits per heavy atom. The standard InChI is InChI=1S/C17H28F3N5OS.HI/c1-4-21-16(23-13-7-6-8-14(9-13)27(26)5-2)22-10-12-11-25(3)24-15(12)17(18,19)20;/h11,13-14H,4-10H2,1-3H3,(H2,21,22,23);1H. The van der Waals surface area contributed by atoms with E-state index in [0.717, 1.165) is 30.4 Å². The fraction of sp³-hybridized carbons (Fsp3) is 0.765. The van der Waals surface area contributed by atoms with Crippen LogP contribution >= 0.6 is 24.0 Å². The van der Waals surface area contributed by atoms with Gasteiger partial charge < -0.3 is 10.6 Å². The summed E-state index contributed by atoms with van der Waals surface area (Å²) in [5.74, 6) is 1.12. The van der Waals surface area contributed by atoms with Crippen LogP contribution in [0.2, 0.25) is 0 Å². The Kier molecular flexibility index (Phi) is 10.2. The van der Waals surface area contributed by atoms with E-state index in [2.05, 4.69) is 20.7 Å². The molecule has 3 unspecified atom stereocenters. The molecule has 0 radical (unpaired) electrons. The predicted octanol–water partition coefficient (Wildman–Crippen LogP) is 3.19. The number of aryl methyl sites for hydroxylation is 1. The summed E-state index contributed by atoms with van der Waals surface area (Å²) in [6, 6.07) is 0.119. The molecular formula is C17H29F3IN5OS. The molecule has 1 aromatic heterocycles. The minimum absolute atomic E-state index is 0. The first-order valence-corrected chi connectivity index (χ1v) is 10.6. The van der Waals surface area contributed by atoms with Crippen LogP contribution in [-0.4, -0.2) is 43.5 Å². The first-order valence-electron chi connectivity index (χ1n) is 9.26. The summed E-state index contributed by atoms with van der Waals surface area (Å²) in [4.78, 5) is 4.32. The number of nitrogens with zero attached hydrogens (tertiary/aromatic N) is 3. The molecule has 1 fully saturated rings. The Hall–Kier alpha value is -0.850. The minimum atomic E-state index is -4.50. The van der Waals surface area contributed by atoms with Gasteiger partial charge in [-0.1, -0.05) is 13.3 Å². The molecule has 0 saturated heterocycles. The number of alkyl halides is 3. The number of hydrogen-bond donors (Lipinski definition) is 2. The molecule has 1 saturated carbocycles. The second-order valence-corrected chi connectivity index (χ2v) is 8.67. The summed E-state index contributed by atoms with van der Waals surface area (Å²) in [7, 11) is 0.627. The Labute approximate surface area is 183 Å². The second kappa shape index (κ2) is 11.4. The summed E-state index contributed by atoms with van der Waals surface area (Å²) in [6.07, 6.45) is 0.495. The van der Waals surface area contributed by atoms with Crippen LogP contribution in [-0.2, 0) is 30.6 Å². The fourth-order valence-corrected chi connectivity index (χ4v) is 4.67. The monoisotopic (exact) mass is 535 g/mol. The lowest BCUT2D eigenvalue weighted by molar-refractivity contribution is -0.142. The van der Waals surface area contributed by atoms with Gasteiger partial charge in [-0.2, -0.15) is 18.3 Å². The number of hydrogen-bond acceptors (Lipinski definition) is 3. The molecule has 0 aromatic carbocycles. The first-order chi connectivity index (χ1) is 12.7. The van der Waals surface area contributed by atoms with Crippen molar-refractivity contribution in [3.8, 4) is 0 Å². The topological polar surface area (TPSA) is 71.3 Å². The van der Waals surface area contributed by atoms with Gasteiger partial charge in [0.05, 0.1) is 6.54 Å². The summed E-state index contributed by atoms with van der Waals surface area (Å²) in [6.45, 7) is 4.31. The maximum atomic E-state index is 13.1. The van der Waals surface area contributed by atoms with Gasteiger partial charge in [-0.05, 0) is 26.2 Å². The van der Waals surface area contributed by atoms with Crippen LogP contribution in [0, 0.1) is 0 Å². The van der Waals surface area contributed by atoms with Crippen LogP contribution in [0.4, 0.5) is 13.2 Å². The van der Waals surface area contributed by atoms with Crippen LogP contribution in [0.1, 0.15) is 50.8 Å². The van der Waals surface area contributed by atoms with E-state index in [1.165, 1.54) is 13.2 Å². The third kappa shape index (κ3) is 7.20. The zero-order valence-corrected chi connectivity index (χ0v) is 19.5. The van der Waals surface area contributed by atoms with E-state index in [9.17, 15) is 17.4 Å². The molecule has 1 aliphatic carbocycles. The van der Waals surface area contributed by atoms with Crippen molar-refractivity contribution in [3.63, 3.8) is 0 Å². The lowest BCUT2D eigenvalue weighted by Gasteiger charge is -2.30. The summed E-state index contributed by atoms with van der Waals surface area (Å²) >= 11 is 0. The van der Waals surface area contributed by atoms with Gasteiger partial charge in [-0.3, -0.25) is 8.89 Å². The van der Waals surface area contributed by atoms with Crippen molar-refractivity contribution >= 4 is 40.7 Å². The summed E-state index contributed by atoms with van der Waals surface area (Å²) in [5.41, 5.74) is -0.864. The van der Waals surface area contributed by atoms with E-state index < -0.39 is 22.7 Å². The molecule has 2 rings (SSSR count). The van der Waals surface area contributed by atoms with E-state index in [1.807, 2.05) is 13.8 Å². The zero-order valence-electron chi connectivity index (χ0n) is 16.4. The summed E-state index contributed by atoms with van der Waals surface area (Å²) < 4.78 is 52.5. The molecule has 11 heteroatoms. The molecule has 0 spiro atoms. The second-order valence-electron chi connectivity index (χ2n) is 6.67. The molecule has 0 amide bonds. The third-order valence-electron chi connectivity index (χ3n) is 4.55. The van der Waals surface area contributed by atoms with E-state index in [4.69, 9.17) is 0 Å². The van der Waals surface area contributed by atoms with E-state index in [-0.39, 0.29) is 47.4 Å². The molecule has 6 nitrogen and oxygen atoms in total. The van der Waals surface area contributed by atoms with Gasteiger partial charge in [0.1, 0.15) is 0 Å². The van der Waals surface area contributed by atoms with Gasteiger partial charge in [-0.25, -0.2) is 4.99 Å². The van der Waals surface area contributed by atoms with Crippen molar-refractivity contribution in [2.75, 3.05) is 12.3 Å². The maximum Gasteiger partial charge on any atom is 0.435 e. The van der Waals surface area contributed by atoms with Crippen molar-refractivity contribution in [2.24, 2.45) is 12.0 Å². The Bertz CT molecular complexity index is 680. The zero-order chi connectivity index (χ0) is 20.0. The molecule has 1 aliphatic rings. The number of aromatic nitrogens is 2. The first kappa shape index (κ1) is 25.2. The maximum absolute atomic E-state index is 13.1. The molecule has 0 aliphatic heterocycles. The van der Waals surface area contributed by atoms with Gasteiger partial charge in [0.25, 0.3) is 0 Å². The van der Waals surface area contributed by atoms with E-state index in [0.29, 0.717) is 18.3 Å². The van der Waals surface area contributed by atoms with Gasteiger partial charge in [0.15, 0.2) is 11.7 Å². The van der Waals surface area contributed by atoms with E-state index in [1.54, 1.807) is 0 Å². The average Bonchev–Trinajstić information content (AvgIpc) is 3.00. The molecule has 1 heterocycles. The number of rotatable bonds is 6. The third-order valence-corrected chi connectivity index (χ3v) is 6.29. The smallest absolute Gasteiger partial charge is 0.357 e. The SMILES string of the molecule is CCNC(=NCc1cn(C)nc1C(F)(F)F)NC1CCCC(S(=O)CC)C1.I. The van der Waals surface area contributed by atoms with Gasteiger partial charge in [0, 0.05) is 53.2 Å². The minimum Gasteiger partial charge on any atom is -0.357 e. The van der Waals surface area contributed by atoms with Gasteiger partial charge in [-0.15, -0.1) is 24.0 Å². The molecular weight excluding hydrogens is 506 g/mol. The van der Waals surface area contributed by atoms with Crippen molar-refractivity contribution in [3.05, 3.63) is 17.5 Å². The number of aliphatic imine (C=N–C) groups is 1. The van der Waals surface area contributed by atoms with Crippen molar-refractivity contribution < 1.29 is 17.4 Å². The largest absolute Gasteiger partial charge is 0.435 e. The fourth-order valence-electron chi connectivity index (χ4n) is 3.32. The van der Waals surface area contributed by atoms with Crippen LogP contribution in [0.25, 0.3) is 0 Å². The molecule has 0 bridgehead atoms. The highest BCUT2D eigenvalue weighted by atomic mass is 127. The summed E-state index contributed by atoms with van der Waals surface area (Å²) in [5, 5.41) is 10.0. The molecule has 162 valence electrons. The molecule has 2 N–H and O–H groups in total. The van der Waals surface area contributed by atoms with E-state index >= 15 is 0 Å². The molecule has 28 heavy (non-hydrogen) atoms. The highest BCUT2D eigenvalue weighted by Gasteiger charge is 2.36. The quantitative estimate of drug-likeness (QED) is 0.334. The average molecular weight is 535 g/mol. The Morgan fingerprint density at radius 2 is 2.11 bits per heavy atom. The molecule has 3 atom stereocenters. The van der Waals surface area contributed by atoms with Crippen LogP contribution in [0.15, 0.2) is 11.2 Å². The lowest BCUT2D eigenvalue weighted by atomic mass is 9.95. The van der Waals surface area contributed by atoms with Crippen LogP contribution in [0.5, 0.6) is 0 Å². The number of halogens is 4. The van der Waals surface area contributed by atoms with Gasteiger partial charge >= 0.3 is 6.18 Å². The lowest BCUT2D eigenvalue weighted by Crippen LogP contribution is -2.46. The van der Waals surface area contributed by atoms with Crippen molar-refractivity contribution in [1.82, 2.24) is 20.4 Å². The van der Waals surface area contributed by atoms with Crippen molar-refractivity contribution in [2.45, 2.75) is 63.5 Å². The highest BCUT2D eigenvalue weighted by Crippen LogP contribution is 2.30. The van der Waals surface area contributed by atoms with Crippen LogP contribution < -0.4 is 10.6 Å². The highest BCUT2D eigenvalue weighted by molar-refractivity contribution is 14.0. The number of guanidine groups is 1. The molecule has 1 aromatic rings. The number of nitrogens with one attached hydrogen (secondary N) is 2. The normalized spacial score (nSPS) is 21.7. The Balaban J connectivity index is 0.00000392. The Morgan fingerprint density at radius 3 is 2.71 bits per heavy atom. The van der Waals surface area contributed by atoms with Crippen LogP contribution in [0.3, 0.4) is 0 Å². The predicted molar refractivity (Wildman–Crippen MR) is 116 cm³/mol. The van der Waals surface area contributed by atoms with Crippen molar-refractivity contribution in [1.29, 1.82) is 0 Å². The van der Waals surface area contributed by atoms with Gasteiger partial charge in [0.2, 0.25) is 0 Å².